The van der Waals surface area contributed by atoms with E-state index in [1.165, 1.54) is 95.5 Å². The van der Waals surface area contributed by atoms with E-state index in [-0.39, 0.29) is 5.56 Å². The van der Waals surface area contributed by atoms with Crippen molar-refractivity contribution in [2.45, 2.75) is 152 Å². The molecule has 20 aromatic rings. The number of aromatic nitrogens is 4. The zero-order valence-electron chi connectivity index (χ0n) is 86.0. The molecule has 0 atom stereocenters. The number of rotatable bonds is 6. The molecule has 0 N–H and O–H groups in total. The van der Waals surface area contributed by atoms with Gasteiger partial charge in [0.25, 0.3) is 0 Å². The van der Waals surface area contributed by atoms with Gasteiger partial charge in [-0.25, -0.2) is 0 Å². The van der Waals surface area contributed by atoms with Crippen molar-refractivity contribution in [3.63, 3.8) is 0 Å². The van der Waals surface area contributed by atoms with Crippen LogP contribution in [0.25, 0.3) is 169 Å². The molecule has 8 heteroatoms. The van der Waals surface area contributed by atoms with Crippen molar-refractivity contribution in [2.24, 2.45) is 28.2 Å². The summed E-state index contributed by atoms with van der Waals surface area (Å²) in [5.41, 5.74) is 18.7. The minimum absolute atomic E-state index is 0.287. The van der Waals surface area contributed by atoms with E-state index in [0.29, 0.717) is 22.3 Å². The topological polar surface area (TPSA) is 15.5 Å². The van der Waals surface area contributed by atoms with Gasteiger partial charge in [-0.3, -0.25) is 0 Å². The summed E-state index contributed by atoms with van der Waals surface area (Å²) in [6.45, 7) is 1.08. The van der Waals surface area contributed by atoms with E-state index in [4.69, 9.17) is 23.3 Å². The summed E-state index contributed by atoms with van der Waals surface area (Å²) in [7, 11) is 7.80. The van der Waals surface area contributed by atoms with Crippen LogP contribution in [0.1, 0.15) is 172 Å². The molecule has 4 nitrogen and oxygen atoms in total. The normalized spacial score (nSPS) is 16.8. The van der Waals surface area contributed by atoms with Crippen molar-refractivity contribution < 1.29 is 41.6 Å². The highest BCUT2D eigenvalue weighted by Crippen LogP contribution is 2.48. The summed E-state index contributed by atoms with van der Waals surface area (Å²) in [5.74, 6) is -0.981. The van der Waals surface area contributed by atoms with Crippen LogP contribution in [0.15, 0.2) is 237 Å². The summed E-state index contributed by atoms with van der Waals surface area (Å²) >= 11 is 6.74. The molecule has 0 bridgehead atoms. The molecule has 8 aromatic heterocycles. The van der Waals surface area contributed by atoms with Crippen LogP contribution in [-0.4, -0.2) is 0 Å². The van der Waals surface area contributed by atoms with E-state index in [9.17, 15) is 0 Å². The van der Waals surface area contributed by atoms with Gasteiger partial charge in [0.1, 0.15) is 47.0 Å². The van der Waals surface area contributed by atoms with Crippen LogP contribution >= 0.6 is 45.3 Å². The molecule has 2 saturated carbocycles. The van der Waals surface area contributed by atoms with Gasteiger partial charge < -0.3 is 0 Å². The summed E-state index contributed by atoms with van der Waals surface area (Å²) in [5, 5.41) is 17.0. The molecule has 8 heterocycles. The van der Waals surface area contributed by atoms with Crippen molar-refractivity contribution in [1.82, 2.24) is 0 Å². The van der Waals surface area contributed by atoms with Crippen LogP contribution in [0.2, 0.25) is 0 Å². The zero-order chi connectivity index (χ0) is 96.3. The van der Waals surface area contributed by atoms with Gasteiger partial charge >= 0.3 is 0 Å². The lowest BCUT2D eigenvalue weighted by Crippen LogP contribution is -2.31. The third-order valence-electron chi connectivity index (χ3n) is 24.9. The van der Waals surface area contributed by atoms with E-state index in [0.717, 1.165) is 182 Å². The summed E-state index contributed by atoms with van der Waals surface area (Å²) in [6, 6.07) is 72.9. The largest absolute Gasteiger partial charge is 0.230 e. The van der Waals surface area contributed by atoms with Gasteiger partial charge in [0.05, 0.1) is 22.3 Å². The summed E-state index contributed by atoms with van der Waals surface area (Å²) < 4.78 is 156. The van der Waals surface area contributed by atoms with Gasteiger partial charge in [-0.05, 0) is 263 Å². The third-order valence-corrected chi connectivity index (χ3v) is 29.6. The van der Waals surface area contributed by atoms with Crippen LogP contribution in [0.4, 0.5) is 0 Å². The van der Waals surface area contributed by atoms with Gasteiger partial charge in [0.15, 0.2) is 24.8 Å². The second-order valence-corrected chi connectivity index (χ2v) is 37.5. The van der Waals surface area contributed by atoms with E-state index in [1.807, 2.05) is 91.2 Å². The maximum absolute atomic E-state index is 9.13. The van der Waals surface area contributed by atoms with E-state index < -0.39 is 46.0 Å². The van der Waals surface area contributed by atoms with Crippen molar-refractivity contribution >= 4 is 169 Å². The lowest BCUT2D eigenvalue weighted by Gasteiger charge is -2.22. The maximum Gasteiger partial charge on any atom is 0.230 e. The molecule has 12 aromatic carbocycles. The molecule has 590 valence electrons. The van der Waals surface area contributed by atoms with Crippen LogP contribution in [0.3, 0.4) is 0 Å². The molecule has 119 heavy (non-hydrogen) atoms. The Morgan fingerprint density at radius 3 is 1.01 bits per heavy atom. The maximum atomic E-state index is 9.13. The third kappa shape index (κ3) is 14.5. The molecule has 2 aliphatic carbocycles. The van der Waals surface area contributed by atoms with Crippen LogP contribution in [0.5, 0.6) is 0 Å². The standard InChI is InChI=1S/C31H32NS.C29H28NS.C26H24NS.C25H22NS/c1-19-10-13-26(20(2)14-19)30-31-29(21(3)18-32(30)4)27-16-25-15-23(22-8-6-5-7-9-22)11-12-24(25)17-28(27)33-31;1-19-8-6-7-11-24(19)28-29-25(14-15-30(28)2)26-17-23-16-21(20-9-4-3-5-10-20)12-13-22(23)18-27(26)31-29;1-15-7-9-21(17(3)10-15)25-26-24(18(4)14-27(25)5)22-12-20-11-16(2)6-8-19(20)13-23(22)28-26;1-15-9-10-18-13-22-21(12-19(18)11-15)23-17(3)14-26(4)24(25(23)27-22)20-8-6-5-7-16(20)2/h10-18,22H,5-9H2,1-4H3;6-8,11-18,20H,3-5,9-10H2,1-2H3;6-14H,1-5H3;5-14H,1-4H3/q4*+1/i1D3,3D3,22D;20D;1D3,4D3;3D3. The minimum atomic E-state index is -2.31. The Kier molecular flexibility index (Phi) is 16.1. The first-order valence-corrected chi connectivity index (χ1v) is 44.7. The first kappa shape index (κ1) is 60.6. The SMILES string of the molecule is [2H]C([2H])([2H])c1c[n+](C)c(-c2ccccc2C)c2sc3cc4ccc(C)cc4cc3c12.[2H]C([2H])([2H])c1ccc(-c2c3sc4cc5ccc(C)cc5cc4c3c(C([2H])([2H])[2H])c[n+]2C)c(C)c1.[2H]C([2H])([2H])c1ccc(-c2c3sc4cc5ccc(C6([2H])CCCCC6)cc5cc4c3c(C([2H])([2H])[2H])c[n+]2C)c(C)c1.[2H]C1(c2ccc3cc4sc5c(-c6ccccc6C)[n+](C)ccc5c4cc3c2)CCCCC1. The highest BCUT2D eigenvalue weighted by Gasteiger charge is 2.29. The van der Waals surface area contributed by atoms with E-state index in [2.05, 4.69) is 202 Å². The number of hydrogen-bond acceptors (Lipinski definition) is 4. The number of nitrogens with zero attached hydrogens (tertiary/aromatic N) is 4. The lowest BCUT2D eigenvalue weighted by molar-refractivity contribution is -0.659. The first-order valence-electron chi connectivity index (χ1n) is 50.0. The number of pyridine rings is 4. The monoisotopic (exact) mass is 1640 g/mol. The summed E-state index contributed by atoms with van der Waals surface area (Å²) in [6.07, 6.45) is 18.1. The fourth-order valence-corrected chi connectivity index (χ4v) is 24.3. The fraction of sp³-hybridized carbons (Fsp3) is 0.243. The molecular formula is C111H106N4S4+4. The molecule has 0 spiro atoms. The van der Waals surface area contributed by atoms with E-state index in [1.54, 1.807) is 76.9 Å². The quantitative estimate of drug-likeness (QED) is 0.148. The highest BCUT2D eigenvalue weighted by atomic mass is 32.1. The number of hydrogen-bond donors (Lipinski definition) is 0. The second kappa shape index (κ2) is 31.7. The molecule has 0 radical (unpaired) electrons. The molecule has 2 fully saturated rings. The Bertz CT molecular complexity index is 8270. The Balaban J connectivity index is 0.000000117. The average Bonchev–Trinajstić information content (AvgIpc) is 1.56. The van der Waals surface area contributed by atoms with Crippen molar-refractivity contribution in [1.29, 1.82) is 0 Å². The van der Waals surface area contributed by atoms with Crippen molar-refractivity contribution in [2.75, 3.05) is 0 Å². The highest BCUT2D eigenvalue weighted by molar-refractivity contribution is 7.27. The smallest absolute Gasteiger partial charge is 0.200 e. The van der Waals surface area contributed by atoms with E-state index >= 15 is 0 Å². The second-order valence-electron chi connectivity index (χ2n) is 33.3. The predicted molar refractivity (Wildman–Crippen MR) is 518 cm³/mol. The Labute approximate surface area is 740 Å². The zero-order valence-corrected chi connectivity index (χ0v) is 72.3. The predicted octanol–water partition coefficient (Wildman–Crippen LogP) is 30.3. The number of benzene rings is 12. The van der Waals surface area contributed by atoms with Gasteiger partial charge in [0, 0.05) is 108 Å². The molecule has 2 aliphatic rings. The Hall–Kier alpha value is -10.8. The lowest BCUT2D eigenvalue weighted by atomic mass is 9.83. The fourth-order valence-electron chi connectivity index (χ4n) is 18.9. The molecule has 0 unspecified atom stereocenters. The van der Waals surface area contributed by atoms with Crippen molar-refractivity contribution in [3.05, 3.63) is 309 Å². The van der Waals surface area contributed by atoms with Crippen LogP contribution in [0, 0.1) is 75.8 Å². The number of fused-ring (bicyclic) bond motifs is 16. The molecule has 0 saturated heterocycles. The summed E-state index contributed by atoms with van der Waals surface area (Å²) in [4.78, 5) is 0. The van der Waals surface area contributed by atoms with Gasteiger partial charge in [0.2, 0.25) is 22.8 Å². The van der Waals surface area contributed by atoms with Gasteiger partial charge in [-0.1, -0.05) is 194 Å². The van der Waals surface area contributed by atoms with Gasteiger partial charge in [-0.2, -0.15) is 18.3 Å². The number of aryl methyl sites for hydroxylation is 15. The molecule has 0 amide bonds. The van der Waals surface area contributed by atoms with Gasteiger partial charge in [-0.15, -0.1) is 45.3 Å². The molecule has 22 rings (SSSR count). The minimum Gasteiger partial charge on any atom is -0.200 e. The molecular weight excluding hydrogens is 1520 g/mol. The first-order chi connectivity index (χ1) is 64.4. The van der Waals surface area contributed by atoms with Crippen LogP contribution in [-0.2, 0) is 28.2 Å². The van der Waals surface area contributed by atoms with Crippen LogP contribution < -0.4 is 18.3 Å². The Morgan fingerprint density at radius 2 is 0.622 bits per heavy atom. The number of thiophene rings is 4. The Morgan fingerprint density at radius 1 is 0.277 bits per heavy atom. The average molecular weight is 1640 g/mol. The molecule has 0 aliphatic heterocycles. The van der Waals surface area contributed by atoms with Crippen molar-refractivity contribution in [3.8, 4) is 45.0 Å².